The third kappa shape index (κ3) is 6.88. The number of aryl methyl sites for hydroxylation is 1. The van der Waals surface area contributed by atoms with E-state index < -0.39 is 15.7 Å². The van der Waals surface area contributed by atoms with E-state index in [0.717, 1.165) is 6.26 Å². The van der Waals surface area contributed by atoms with Crippen LogP contribution in [0.1, 0.15) is 32.8 Å². The van der Waals surface area contributed by atoms with Crippen LogP contribution >= 0.6 is 0 Å². The summed E-state index contributed by atoms with van der Waals surface area (Å²) < 4.78 is 38.0. The number of hydrogen-bond donors (Lipinski definition) is 3. The Kier molecular flexibility index (Phi) is 7.65. The number of sulfone groups is 1. The Morgan fingerprint density at radius 3 is 2.53 bits per heavy atom. The topological polar surface area (TPSA) is 159 Å². The maximum Gasteiger partial charge on any atom is 0.224 e. The van der Waals surface area contributed by atoms with Gasteiger partial charge in [0.1, 0.15) is 26.7 Å². The van der Waals surface area contributed by atoms with Crippen LogP contribution in [0.25, 0.3) is 56.1 Å². The minimum absolute atomic E-state index is 0.0898. The van der Waals surface area contributed by atoms with Crippen LogP contribution in [0.3, 0.4) is 0 Å². The van der Waals surface area contributed by atoms with E-state index in [1.165, 1.54) is 12.1 Å². The first-order valence-corrected chi connectivity index (χ1v) is 16.3. The van der Waals surface area contributed by atoms with Crippen molar-refractivity contribution in [3.8, 4) is 34.0 Å². The molecule has 230 valence electrons. The van der Waals surface area contributed by atoms with E-state index in [2.05, 4.69) is 30.5 Å². The van der Waals surface area contributed by atoms with Crippen LogP contribution in [-0.2, 0) is 21.1 Å². The maximum atomic E-state index is 14.6. The second-order valence-electron chi connectivity index (χ2n) is 12.3. The van der Waals surface area contributed by atoms with Gasteiger partial charge in [0.25, 0.3) is 0 Å². The van der Waals surface area contributed by atoms with Crippen LogP contribution in [0.5, 0.6) is 0 Å². The molecule has 0 aliphatic rings. The van der Waals surface area contributed by atoms with E-state index in [-0.39, 0.29) is 23.5 Å². The number of carbonyl (C=O) groups excluding carboxylic acids is 1. The van der Waals surface area contributed by atoms with Crippen LogP contribution < -0.4 is 5.32 Å². The van der Waals surface area contributed by atoms with Crippen molar-refractivity contribution < 1.29 is 17.6 Å². The van der Waals surface area contributed by atoms with Crippen LogP contribution in [0.4, 0.5) is 10.1 Å². The number of carbonyl (C=O) groups is 1. The molecule has 0 saturated heterocycles. The van der Waals surface area contributed by atoms with E-state index in [9.17, 15) is 17.6 Å². The lowest BCUT2D eigenvalue weighted by Crippen LogP contribution is -2.19. The molecule has 45 heavy (non-hydrogen) atoms. The fraction of sp³-hybridized carbons (Fsp3) is 0.250. The number of imidazole rings is 1. The molecule has 5 heterocycles. The first-order valence-electron chi connectivity index (χ1n) is 14.2. The Morgan fingerprint density at radius 1 is 0.956 bits per heavy atom. The SMILES string of the molecule is CC(C)(C)CC(=O)Nc1cncc(-c2ccc3[nH]nc(-c4nc5c(-c6cc(F)cc(CCS(C)(=O)=O)c6)nccc5[nH]4)c3n2)c1. The number of H-pyrrole nitrogens is 2. The number of anilines is 1. The number of rotatable bonds is 8. The van der Waals surface area contributed by atoms with Gasteiger partial charge in [0.2, 0.25) is 5.91 Å². The van der Waals surface area contributed by atoms with Crippen molar-refractivity contribution >= 4 is 43.5 Å². The summed E-state index contributed by atoms with van der Waals surface area (Å²) in [6, 6.07) is 11.7. The van der Waals surface area contributed by atoms with Crippen molar-refractivity contribution in [3.63, 3.8) is 0 Å². The third-order valence-electron chi connectivity index (χ3n) is 7.03. The van der Waals surface area contributed by atoms with Gasteiger partial charge in [-0.3, -0.25) is 19.9 Å². The first kappa shape index (κ1) is 30.0. The lowest BCUT2D eigenvalue weighted by molar-refractivity contribution is -0.117. The number of fused-ring (bicyclic) bond motifs is 2. The van der Waals surface area contributed by atoms with Gasteiger partial charge in [0.15, 0.2) is 11.5 Å². The summed E-state index contributed by atoms with van der Waals surface area (Å²) in [6.45, 7) is 6.01. The first-order chi connectivity index (χ1) is 21.3. The van der Waals surface area contributed by atoms with E-state index >= 15 is 0 Å². The number of aromatic nitrogens is 7. The van der Waals surface area contributed by atoms with E-state index in [1.807, 2.05) is 39.0 Å². The zero-order valence-electron chi connectivity index (χ0n) is 25.1. The van der Waals surface area contributed by atoms with Crippen molar-refractivity contribution in [1.82, 2.24) is 35.1 Å². The molecule has 6 rings (SSSR count). The second-order valence-corrected chi connectivity index (χ2v) is 14.5. The highest BCUT2D eigenvalue weighted by molar-refractivity contribution is 7.90. The minimum Gasteiger partial charge on any atom is -0.336 e. The van der Waals surface area contributed by atoms with Gasteiger partial charge >= 0.3 is 0 Å². The maximum absolute atomic E-state index is 14.6. The molecule has 13 heteroatoms. The normalized spacial score (nSPS) is 12.2. The van der Waals surface area contributed by atoms with E-state index in [0.29, 0.717) is 73.8 Å². The predicted molar refractivity (Wildman–Crippen MR) is 172 cm³/mol. The summed E-state index contributed by atoms with van der Waals surface area (Å²) in [5, 5.41) is 10.4. The molecule has 0 radical (unpaired) electrons. The Balaban J connectivity index is 1.34. The number of nitrogens with one attached hydrogen (secondary N) is 3. The zero-order valence-corrected chi connectivity index (χ0v) is 26.0. The molecule has 0 unspecified atom stereocenters. The largest absolute Gasteiger partial charge is 0.336 e. The van der Waals surface area contributed by atoms with Crippen LogP contribution in [-0.4, -0.2) is 61.5 Å². The Hall–Kier alpha value is -5.04. The summed E-state index contributed by atoms with van der Waals surface area (Å²) in [4.78, 5) is 34.2. The van der Waals surface area contributed by atoms with Crippen molar-refractivity contribution in [3.05, 3.63) is 72.4 Å². The highest BCUT2D eigenvalue weighted by Gasteiger charge is 2.19. The molecule has 0 fully saturated rings. The molecule has 0 aliphatic carbocycles. The number of hydrogen-bond acceptors (Lipinski definition) is 8. The standard InChI is InChI=1S/C32H31FN8O3S/c1-32(2,3)15-26(42)36-22-14-20(16-34-17-22)23-5-6-25-29(37-23)30(41-40-25)31-38-24-7-9-35-27(28(24)39-31)19-11-18(12-21(33)13-19)8-10-45(4,43)44/h5-7,9,11-14,16-17H,8,10,15H2,1-4H3,(H,36,42)(H,38,39)(H,40,41). The number of amides is 1. The highest BCUT2D eigenvalue weighted by atomic mass is 32.2. The number of halogens is 1. The zero-order chi connectivity index (χ0) is 31.9. The van der Waals surface area contributed by atoms with Gasteiger partial charge in [-0.05, 0) is 59.9 Å². The molecule has 5 aromatic heterocycles. The van der Waals surface area contributed by atoms with Gasteiger partial charge in [-0.25, -0.2) is 22.8 Å². The van der Waals surface area contributed by atoms with Crippen molar-refractivity contribution in [1.29, 1.82) is 0 Å². The summed E-state index contributed by atoms with van der Waals surface area (Å²) in [7, 11) is -3.21. The van der Waals surface area contributed by atoms with Gasteiger partial charge in [-0.1, -0.05) is 20.8 Å². The van der Waals surface area contributed by atoms with Crippen molar-refractivity contribution in [2.24, 2.45) is 5.41 Å². The smallest absolute Gasteiger partial charge is 0.224 e. The molecule has 3 N–H and O–H groups in total. The molecule has 0 spiro atoms. The lowest BCUT2D eigenvalue weighted by Gasteiger charge is -2.17. The van der Waals surface area contributed by atoms with Crippen LogP contribution in [0, 0.1) is 11.2 Å². The van der Waals surface area contributed by atoms with Gasteiger partial charge in [-0.15, -0.1) is 0 Å². The molecule has 0 atom stereocenters. The highest BCUT2D eigenvalue weighted by Crippen LogP contribution is 2.32. The van der Waals surface area contributed by atoms with Gasteiger partial charge in [0, 0.05) is 36.2 Å². The third-order valence-corrected chi connectivity index (χ3v) is 7.98. The van der Waals surface area contributed by atoms with Crippen molar-refractivity contribution in [2.75, 3.05) is 17.3 Å². The van der Waals surface area contributed by atoms with Crippen LogP contribution in [0.2, 0.25) is 0 Å². The van der Waals surface area contributed by atoms with E-state index in [1.54, 1.807) is 30.7 Å². The summed E-state index contributed by atoms with van der Waals surface area (Å²) in [5.41, 5.74) is 6.14. The molecule has 11 nitrogen and oxygen atoms in total. The molecule has 0 aliphatic heterocycles. The molecular weight excluding hydrogens is 595 g/mol. The average Bonchev–Trinajstić information content (AvgIpc) is 3.58. The average molecular weight is 627 g/mol. The fourth-order valence-corrected chi connectivity index (χ4v) is 5.66. The number of aromatic amines is 2. The molecule has 1 aromatic carbocycles. The predicted octanol–water partition coefficient (Wildman–Crippen LogP) is 5.73. The molecular formula is C32H31FN8O3S. The van der Waals surface area contributed by atoms with E-state index in [4.69, 9.17) is 9.97 Å². The summed E-state index contributed by atoms with van der Waals surface area (Å²) in [5.74, 6) is -0.241. The van der Waals surface area contributed by atoms with Gasteiger partial charge < -0.3 is 10.3 Å². The number of benzene rings is 1. The van der Waals surface area contributed by atoms with Gasteiger partial charge in [-0.2, -0.15) is 5.10 Å². The molecule has 0 bridgehead atoms. The Bertz CT molecular complexity index is 2180. The van der Waals surface area contributed by atoms with Crippen LogP contribution in [0.15, 0.2) is 61.1 Å². The Morgan fingerprint density at radius 2 is 1.76 bits per heavy atom. The minimum atomic E-state index is -3.21. The fourth-order valence-electron chi connectivity index (χ4n) is 5.05. The Labute approximate surface area is 258 Å². The lowest BCUT2D eigenvalue weighted by atomic mass is 9.92. The summed E-state index contributed by atoms with van der Waals surface area (Å²) in [6.07, 6.45) is 6.58. The number of nitrogens with zero attached hydrogens (tertiary/aromatic N) is 5. The monoisotopic (exact) mass is 626 g/mol. The second kappa shape index (κ2) is 11.5. The molecule has 0 saturated carbocycles. The quantitative estimate of drug-likeness (QED) is 0.193. The summed E-state index contributed by atoms with van der Waals surface area (Å²) >= 11 is 0. The number of pyridine rings is 3. The van der Waals surface area contributed by atoms with Gasteiger partial charge in [0.05, 0.1) is 40.1 Å². The molecule has 1 amide bonds. The molecule has 6 aromatic rings. The van der Waals surface area contributed by atoms with Crippen molar-refractivity contribution in [2.45, 2.75) is 33.6 Å².